The second kappa shape index (κ2) is 6.67. The van der Waals surface area contributed by atoms with Crippen LogP contribution >= 0.6 is 11.8 Å². The third kappa shape index (κ3) is 3.36. The third-order valence-corrected chi connectivity index (χ3v) is 4.38. The standard InChI is InChI=1S/C17H13N3O3S/c1-20-15(21)14(9-11-3-2-8-18-10-11)24-17(20)19-13-6-4-12(5-7-13)16(22)23/h2-10H,1H3,(H,22,23)/b14-9-,19-17?. The molecule has 1 aromatic heterocycles. The number of thioether (sulfide) groups is 1. The molecule has 0 spiro atoms. The molecule has 0 unspecified atom stereocenters. The predicted molar refractivity (Wildman–Crippen MR) is 93.1 cm³/mol. The molecule has 0 aliphatic carbocycles. The molecule has 2 aromatic rings. The smallest absolute Gasteiger partial charge is 0.335 e. The number of carbonyl (C=O) groups excluding carboxylic acids is 1. The molecule has 1 fully saturated rings. The number of aromatic carboxylic acids is 1. The molecule has 3 rings (SSSR count). The molecule has 0 bridgehead atoms. The molecule has 0 saturated carbocycles. The second-order valence-electron chi connectivity index (χ2n) is 5.01. The summed E-state index contributed by atoms with van der Waals surface area (Å²) in [6.07, 6.45) is 5.12. The first-order valence-corrected chi connectivity index (χ1v) is 7.86. The van der Waals surface area contributed by atoms with E-state index >= 15 is 0 Å². The van der Waals surface area contributed by atoms with Gasteiger partial charge in [0, 0.05) is 19.4 Å². The van der Waals surface area contributed by atoms with Crippen LogP contribution < -0.4 is 0 Å². The van der Waals surface area contributed by atoms with Gasteiger partial charge in [-0.3, -0.25) is 14.7 Å². The molecule has 0 radical (unpaired) electrons. The molecule has 1 saturated heterocycles. The van der Waals surface area contributed by atoms with Crippen molar-refractivity contribution in [3.05, 3.63) is 64.8 Å². The highest BCUT2D eigenvalue weighted by Crippen LogP contribution is 2.33. The monoisotopic (exact) mass is 339 g/mol. The minimum Gasteiger partial charge on any atom is -0.478 e. The van der Waals surface area contributed by atoms with Crippen LogP contribution in [0.25, 0.3) is 6.08 Å². The summed E-state index contributed by atoms with van der Waals surface area (Å²) in [5.74, 6) is -1.12. The molecule has 6 nitrogen and oxygen atoms in total. The number of carbonyl (C=O) groups is 2. The van der Waals surface area contributed by atoms with Crippen LogP contribution in [0, 0.1) is 0 Å². The number of amidine groups is 1. The summed E-state index contributed by atoms with van der Waals surface area (Å²) >= 11 is 1.27. The fourth-order valence-electron chi connectivity index (χ4n) is 2.05. The first-order chi connectivity index (χ1) is 11.5. The molecule has 1 aliphatic rings. The number of likely N-dealkylation sites (N-methyl/N-ethyl adjacent to an activating group) is 1. The number of amides is 1. The lowest BCUT2D eigenvalue weighted by atomic mass is 10.2. The molecule has 1 amide bonds. The Morgan fingerprint density at radius 3 is 2.67 bits per heavy atom. The average Bonchev–Trinajstić information content (AvgIpc) is 2.84. The number of aromatic nitrogens is 1. The van der Waals surface area contributed by atoms with Gasteiger partial charge in [0.1, 0.15) is 0 Å². The third-order valence-electron chi connectivity index (χ3n) is 3.32. The zero-order valence-corrected chi connectivity index (χ0v) is 13.5. The van der Waals surface area contributed by atoms with Gasteiger partial charge in [-0.05, 0) is 53.7 Å². The van der Waals surface area contributed by atoms with Crippen LogP contribution in [-0.4, -0.2) is 39.1 Å². The van der Waals surface area contributed by atoms with Crippen molar-refractivity contribution in [1.82, 2.24) is 9.88 Å². The maximum Gasteiger partial charge on any atom is 0.335 e. The van der Waals surface area contributed by atoms with Crippen molar-refractivity contribution in [3.63, 3.8) is 0 Å². The Morgan fingerprint density at radius 1 is 1.29 bits per heavy atom. The van der Waals surface area contributed by atoms with Crippen molar-refractivity contribution in [1.29, 1.82) is 0 Å². The fraction of sp³-hybridized carbons (Fsp3) is 0.0588. The maximum atomic E-state index is 12.3. The fourth-order valence-corrected chi connectivity index (χ4v) is 3.04. The van der Waals surface area contributed by atoms with Crippen molar-refractivity contribution in [3.8, 4) is 0 Å². The molecule has 120 valence electrons. The minimum atomic E-state index is -0.988. The molecular formula is C17H13N3O3S. The predicted octanol–water partition coefficient (Wildman–Crippen LogP) is 3.01. The number of benzene rings is 1. The molecule has 2 heterocycles. The summed E-state index contributed by atoms with van der Waals surface area (Å²) in [5.41, 5.74) is 1.62. The molecule has 1 aromatic carbocycles. The van der Waals surface area contributed by atoms with Gasteiger partial charge in [-0.2, -0.15) is 0 Å². The molecule has 1 N–H and O–H groups in total. The normalized spacial score (nSPS) is 17.7. The van der Waals surface area contributed by atoms with Crippen molar-refractivity contribution < 1.29 is 14.7 Å². The van der Waals surface area contributed by atoms with E-state index in [1.54, 1.807) is 43.7 Å². The maximum absolute atomic E-state index is 12.3. The Bertz CT molecular complexity index is 845. The number of carboxylic acid groups (broad SMARTS) is 1. The number of pyridine rings is 1. The SMILES string of the molecule is CN1C(=O)/C(=C/c2cccnc2)SC1=Nc1ccc(C(=O)O)cc1. The Hall–Kier alpha value is -2.93. The van der Waals surface area contributed by atoms with Crippen molar-refractivity contribution in [2.75, 3.05) is 7.05 Å². The van der Waals surface area contributed by atoms with Gasteiger partial charge in [0.25, 0.3) is 5.91 Å². The van der Waals surface area contributed by atoms with Crippen LogP contribution in [0.5, 0.6) is 0 Å². The zero-order valence-electron chi connectivity index (χ0n) is 12.7. The van der Waals surface area contributed by atoms with E-state index in [9.17, 15) is 9.59 Å². The number of rotatable bonds is 3. The van der Waals surface area contributed by atoms with Crippen molar-refractivity contribution >= 4 is 40.6 Å². The van der Waals surface area contributed by atoms with E-state index in [4.69, 9.17) is 5.11 Å². The van der Waals surface area contributed by atoms with E-state index in [0.717, 1.165) is 5.56 Å². The Balaban J connectivity index is 1.86. The largest absolute Gasteiger partial charge is 0.478 e. The van der Waals surface area contributed by atoms with E-state index in [0.29, 0.717) is 15.8 Å². The quantitative estimate of drug-likeness (QED) is 0.869. The number of hydrogen-bond donors (Lipinski definition) is 1. The summed E-state index contributed by atoms with van der Waals surface area (Å²) in [6, 6.07) is 9.86. The van der Waals surface area contributed by atoms with Gasteiger partial charge < -0.3 is 5.11 Å². The first kappa shape index (κ1) is 15.9. The highest BCUT2D eigenvalue weighted by atomic mass is 32.2. The summed E-state index contributed by atoms with van der Waals surface area (Å²) in [4.78, 5) is 33.6. The van der Waals surface area contributed by atoms with Gasteiger partial charge in [-0.1, -0.05) is 6.07 Å². The minimum absolute atomic E-state index is 0.134. The van der Waals surface area contributed by atoms with Crippen molar-refractivity contribution in [2.45, 2.75) is 0 Å². The van der Waals surface area contributed by atoms with Crippen LogP contribution in [0.4, 0.5) is 5.69 Å². The van der Waals surface area contributed by atoms with E-state index in [1.807, 2.05) is 6.07 Å². The summed E-state index contributed by atoms with van der Waals surface area (Å²) in [5, 5.41) is 9.45. The lowest BCUT2D eigenvalue weighted by Crippen LogP contribution is -2.23. The van der Waals surface area contributed by atoms with Crippen LogP contribution in [0.2, 0.25) is 0 Å². The van der Waals surface area contributed by atoms with Gasteiger partial charge in [0.2, 0.25) is 0 Å². The van der Waals surface area contributed by atoms with E-state index in [2.05, 4.69) is 9.98 Å². The van der Waals surface area contributed by atoms with Crippen molar-refractivity contribution in [2.24, 2.45) is 4.99 Å². The van der Waals surface area contributed by atoms with Gasteiger partial charge in [0.15, 0.2) is 5.17 Å². The Kier molecular flexibility index (Phi) is 4.43. The topological polar surface area (TPSA) is 82.9 Å². The number of carboxylic acids is 1. The van der Waals surface area contributed by atoms with Crippen LogP contribution in [0.1, 0.15) is 15.9 Å². The lowest BCUT2D eigenvalue weighted by molar-refractivity contribution is -0.121. The van der Waals surface area contributed by atoms with Gasteiger partial charge >= 0.3 is 5.97 Å². The summed E-state index contributed by atoms with van der Waals surface area (Å²) in [7, 11) is 1.66. The molecule has 0 atom stereocenters. The summed E-state index contributed by atoms with van der Waals surface area (Å²) < 4.78 is 0. The lowest BCUT2D eigenvalue weighted by Gasteiger charge is -2.07. The molecule has 24 heavy (non-hydrogen) atoms. The highest BCUT2D eigenvalue weighted by Gasteiger charge is 2.30. The Morgan fingerprint density at radius 2 is 2.04 bits per heavy atom. The van der Waals surface area contributed by atoms with E-state index < -0.39 is 5.97 Å². The molecular weight excluding hydrogens is 326 g/mol. The van der Waals surface area contributed by atoms with Gasteiger partial charge in [0.05, 0.1) is 16.2 Å². The van der Waals surface area contributed by atoms with Gasteiger partial charge in [-0.15, -0.1) is 0 Å². The second-order valence-corrected chi connectivity index (χ2v) is 6.02. The molecule has 1 aliphatic heterocycles. The number of nitrogens with zero attached hydrogens (tertiary/aromatic N) is 3. The number of hydrogen-bond acceptors (Lipinski definition) is 5. The average molecular weight is 339 g/mol. The number of aliphatic imine (C=N–C) groups is 1. The van der Waals surface area contributed by atoms with E-state index in [1.165, 1.54) is 28.8 Å². The summed E-state index contributed by atoms with van der Waals surface area (Å²) in [6.45, 7) is 0. The molecule has 7 heteroatoms. The van der Waals surface area contributed by atoms with Crippen LogP contribution in [0.15, 0.2) is 58.7 Å². The highest BCUT2D eigenvalue weighted by molar-refractivity contribution is 8.18. The van der Waals surface area contributed by atoms with E-state index in [-0.39, 0.29) is 11.5 Å². The zero-order chi connectivity index (χ0) is 17.1. The Labute approximate surface area is 142 Å². The van der Waals surface area contributed by atoms with Crippen LogP contribution in [0.3, 0.4) is 0 Å². The van der Waals surface area contributed by atoms with Gasteiger partial charge in [-0.25, -0.2) is 9.79 Å². The first-order valence-electron chi connectivity index (χ1n) is 7.04. The van der Waals surface area contributed by atoms with Crippen LogP contribution in [-0.2, 0) is 4.79 Å².